The summed E-state index contributed by atoms with van der Waals surface area (Å²) in [6, 6.07) is 14.8. The normalized spacial score (nSPS) is 10.7. The van der Waals surface area contributed by atoms with Crippen LogP contribution in [0.2, 0.25) is 0 Å². The van der Waals surface area contributed by atoms with Gasteiger partial charge in [-0.1, -0.05) is 37.3 Å². The lowest BCUT2D eigenvalue weighted by Crippen LogP contribution is -2.08. The van der Waals surface area contributed by atoms with Crippen LogP contribution < -0.4 is 5.56 Å². The number of hydrogen-bond acceptors (Lipinski definition) is 3. The highest BCUT2D eigenvalue weighted by Gasteiger charge is 2.09. The monoisotopic (exact) mass is 266 g/mol. The van der Waals surface area contributed by atoms with Gasteiger partial charge in [0.2, 0.25) is 0 Å². The summed E-state index contributed by atoms with van der Waals surface area (Å²) in [6.07, 6.45) is 0.808. The van der Waals surface area contributed by atoms with Gasteiger partial charge in [-0.15, -0.1) is 0 Å². The summed E-state index contributed by atoms with van der Waals surface area (Å²) in [5, 5.41) is 0. The van der Waals surface area contributed by atoms with Gasteiger partial charge in [-0.3, -0.25) is 4.79 Å². The molecule has 20 heavy (non-hydrogen) atoms. The van der Waals surface area contributed by atoms with Crippen LogP contribution in [-0.4, -0.2) is 9.97 Å². The van der Waals surface area contributed by atoms with Gasteiger partial charge in [0.25, 0.3) is 5.56 Å². The minimum atomic E-state index is -0.191. The molecular formula is C16H14N2O2. The van der Waals surface area contributed by atoms with Crippen molar-refractivity contribution in [2.75, 3.05) is 0 Å². The van der Waals surface area contributed by atoms with Crippen molar-refractivity contribution in [2.24, 2.45) is 0 Å². The first kappa shape index (κ1) is 12.4. The first-order chi connectivity index (χ1) is 9.76. The molecule has 4 heteroatoms. The molecule has 1 N–H and O–H groups in total. The highest BCUT2D eigenvalue weighted by Crippen LogP contribution is 2.21. The summed E-state index contributed by atoms with van der Waals surface area (Å²) in [7, 11) is 0. The third kappa shape index (κ3) is 2.40. The van der Waals surface area contributed by atoms with Gasteiger partial charge in [0.15, 0.2) is 11.6 Å². The van der Waals surface area contributed by atoms with Crippen LogP contribution in [0.1, 0.15) is 12.7 Å². The number of H-pyrrole nitrogens is 1. The number of aromatic nitrogens is 2. The quantitative estimate of drug-likeness (QED) is 0.791. The van der Waals surface area contributed by atoms with E-state index in [-0.39, 0.29) is 5.56 Å². The predicted molar refractivity (Wildman–Crippen MR) is 77.4 cm³/mol. The molecule has 0 fully saturated rings. The number of benzene rings is 1. The van der Waals surface area contributed by atoms with Gasteiger partial charge in [0.1, 0.15) is 5.76 Å². The smallest absolute Gasteiger partial charge is 0.251 e. The Morgan fingerprint density at radius 1 is 1.15 bits per heavy atom. The summed E-state index contributed by atoms with van der Waals surface area (Å²) in [5.74, 6) is 1.90. The SMILES string of the molecule is CCc1ccc(-c2nc(-c3ccccc3)cc(=O)[nH]2)o1. The van der Waals surface area contributed by atoms with Crippen molar-refractivity contribution in [3.05, 3.63) is 64.6 Å². The van der Waals surface area contributed by atoms with Crippen molar-refractivity contribution in [3.8, 4) is 22.8 Å². The third-order valence-electron chi connectivity index (χ3n) is 3.05. The molecule has 3 rings (SSSR count). The standard InChI is InChI=1S/C16H14N2O2/c1-2-12-8-9-14(20-12)16-17-13(10-15(19)18-16)11-6-4-3-5-7-11/h3-10H,2H2,1H3,(H,17,18,19). The van der Waals surface area contributed by atoms with Crippen molar-refractivity contribution >= 4 is 0 Å². The Morgan fingerprint density at radius 2 is 1.95 bits per heavy atom. The molecule has 0 saturated carbocycles. The Balaban J connectivity index is 2.09. The molecule has 0 atom stereocenters. The van der Waals surface area contributed by atoms with Crippen molar-refractivity contribution < 1.29 is 4.42 Å². The Hall–Kier alpha value is -2.62. The summed E-state index contributed by atoms with van der Waals surface area (Å²) in [5.41, 5.74) is 1.35. The molecule has 0 unspecified atom stereocenters. The average molecular weight is 266 g/mol. The lowest BCUT2D eigenvalue weighted by Gasteiger charge is -2.02. The van der Waals surface area contributed by atoms with E-state index in [1.54, 1.807) is 0 Å². The van der Waals surface area contributed by atoms with Crippen LogP contribution in [0.4, 0.5) is 0 Å². The number of nitrogens with one attached hydrogen (secondary N) is 1. The van der Waals surface area contributed by atoms with Crippen LogP contribution in [0.3, 0.4) is 0 Å². The minimum absolute atomic E-state index is 0.191. The van der Waals surface area contributed by atoms with Crippen LogP contribution in [0.5, 0.6) is 0 Å². The molecule has 1 aromatic carbocycles. The molecule has 0 radical (unpaired) electrons. The fraction of sp³-hybridized carbons (Fsp3) is 0.125. The van der Waals surface area contributed by atoms with E-state index in [4.69, 9.17) is 4.42 Å². The first-order valence-electron chi connectivity index (χ1n) is 6.52. The van der Waals surface area contributed by atoms with E-state index in [1.165, 1.54) is 6.07 Å². The fourth-order valence-electron chi connectivity index (χ4n) is 2.03. The Labute approximate surface area is 116 Å². The van der Waals surface area contributed by atoms with Crippen LogP contribution in [0, 0.1) is 0 Å². The van der Waals surface area contributed by atoms with Gasteiger partial charge < -0.3 is 9.40 Å². The maximum atomic E-state index is 11.8. The Morgan fingerprint density at radius 3 is 2.65 bits per heavy atom. The van der Waals surface area contributed by atoms with Crippen LogP contribution in [-0.2, 0) is 6.42 Å². The van der Waals surface area contributed by atoms with Crippen molar-refractivity contribution in [3.63, 3.8) is 0 Å². The maximum absolute atomic E-state index is 11.8. The van der Waals surface area contributed by atoms with E-state index < -0.39 is 0 Å². The average Bonchev–Trinajstić information content (AvgIpc) is 2.96. The minimum Gasteiger partial charge on any atom is -0.458 e. The van der Waals surface area contributed by atoms with Crippen molar-refractivity contribution in [2.45, 2.75) is 13.3 Å². The van der Waals surface area contributed by atoms with Crippen LogP contribution >= 0.6 is 0 Å². The van der Waals surface area contributed by atoms with Gasteiger partial charge in [-0.25, -0.2) is 4.98 Å². The van der Waals surface area contributed by atoms with E-state index in [9.17, 15) is 4.79 Å². The molecule has 4 nitrogen and oxygen atoms in total. The molecule has 0 amide bonds. The fourth-order valence-corrected chi connectivity index (χ4v) is 2.03. The van der Waals surface area contributed by atoms with Gasteiger partial charge >= 0.3 is 0 Å². The molecule has 0 spiro atoms. The van der Waals surface area contributed by atoms with Crippen LogP contribution in [0.25, 0.3) is 22.8 Å². The molecule has 2 heterocycles. The van der Waals surface area contributed by atoms with E-state index in [0.717, 1.165) is 17.7 Å². The molecule has 3 aromatic rings. The molecular weight excluding hydrogens is 252 g/mol. The summed E-state index contributed by atoms with van der Waals surface area (Å²) >= 11 is 0. The first-order valence-corrected chi connectivity index (χ1v) is 6.52. The zero-order chi connectivity index (χ0) is 13.9. The number of hydrogen-bond donors (Lipinski definition) is 1. The lowest BCUT2D eigenvalue weighted by molar-refractivity contribution is 0.525. The predicted octanol–water partition coefficient (Wildman–Crippen LogP) is 3.26. The molecule has 0 bridgehead atoms. The van der Waals surface area contributed by atoms with Gasteiger partial charge in [0, 0.05) is 18.1 Å². The van der Waals surface area contributed by atoms with E-state index in [2.05, 4.69) is 9.97 Å². The highest BCUT2D eigenvalue weighted by atomic mass is 16.3. The number of aryl methyl sites for hydroxylation is 1. The zero-order valence-corrected chi connectivity index (χ0v) is 11.1. The zero-order valence-electron chi connectivity index (χ0n) is 11.1. The summed E-state index contributed by atoms with van der Waals surface area (Å²) in [6.45, 7) is 2.01. The van der Waals surface area contributed by atoms with Gasteiger partial charge in [0.05, 0.1) is 5.69 Å². The molecule has 0 aliphatic heterocycles. The number of furan rings is 1. The largest absolute Gasteiger partial charge is 0.458 e. The van der Waals surface area contributed by atoms with E-state index in [0.29, 0.717) is 17.3 Å². The molecule has 0 saturated heterocycles. The lowest BCUT2D eigenvalue weighted by atomic mass is 10.1. The van der Waals surface area contributed by atoms with E-state index in [1.807, 2.05) is 49.4 Å². The Bertz CT molecular complexity index is 772. The topological polar surface area (TPSA) is 58.9 Å². The van der Waals surface area contributed by atoms with Crippen LogP contribution in [0.15, 0.2) is 57.7 Å². The number of rotatable bonds is 3. The van der Waals surface area contributed by atoms with E-state index >= 15 is 0 Å². The second-order valence-corrected chi connectivity index (χ2v) is 4.46. The van der Waals surface area contributed by atoms with Crippen molar-refractivity contribution in [1.82, 2.24) is 9.97 Å². The second kappa shape index (κ2) is 5.17. The molecule has 100 valence electrons. The third-order valence-corrected chi connectivity index (χ3v) is 3.05. The highest BCUT2D eigenvalue weighted by molar-refractivity contribution is 5.61. The second-order valence-electron chi connectivity index (χ2n) is 4.46. The molecule has 0 aliphatic rings. The van der Waals surface area contributed by atoms with Gasteiger partial charge in [-0.2, -0.15) is 0 Å². The molecule has 2 aromatic heterocycles. The Kier molecular flexibility index (Phi) is 3.21. The number of aromatic amines is 1. The van der Waals surface area contributed by atoms with Crippen molar-refractivity contribution in [1.29, 1.82) is 0 Å². The summed E-state index contributed by atoms with van der Waals surface area (Å²) in [4.78, 5) is 19.0. The molecule has 0 aliphatic carbocycles. The van der Waals surface area contributed by atoms with Gasteiger partial charge in [-0.05, 0) is 12.1 Å². The maximum Gasteiger partial charge on any atom is 0.251 e. The number of nitrogens with zero attached hydrogens (tertiary/aromatic N) is 1. The summed E-state index contributed by atoms with van der Waals surface area (Å²) < 4.78 is 5.63.